The molecule has 1 aliphatic carbocycles. The summed E-state index contributed by atoms with van der Waals surface area (Å²) in [6.45, 7) is 1.07. The van der Waals surface area contributed by atoms with E-state index in [0.29, 0.717) is 21.7 Å². The molecule has 1 heterocycles. The van der Waals surface area contributed by atoms with Crippen LogP contribution in [0, 0.1) is 5.92 Å². The Morgan fingerprint density at radius 2 is 2.12 bits per heavy atom. The molecule has 3 rings (SSSR count). The lowest BCUT2D eigenvalue weighted by Gasteiger charge is -2.41. The largest absolute Gasteiger partial charge is 0.347 e. The Morgan fingerprint density at radius 3 is 2.84 bits per heavy atom. The number of hydrogen-bond donors (Lipinski definition) is 1. The maximum atomic E-state index is 12.9. The first-order valence-electron chi connectivity index (χ1n) is 8.86. The van der Waals surface area contributed by atoms with Crippen LogP contribution in [0.15, 0.2) is 42.5 Å². The standard InChI is InChI=1S/C20H24Cl2N2O/c1-24-13-6-5-12-17(24)19(14-8-3-2-4-9-14)23-20(25)15-10-7-11-16(21)18(15)22/h2-4,7-8,10-11,14,17,19H,5-6,9,12-13H2,1H3,(H,23,25)/t14?,17?,19-/m0/s1. The molecule has 1 amide bonds. The van der Waals surface area contributed by atoms with Crippen molar-refractivity contribution in [1.82, 2.24) is 10.2 Å². The quantitative estimate of drug-likeness (QED) is 0.822. The third-order valence-electron chi connectivity index (χ3n) is 5.21. The summed E-state index contributed by atoms with van der Waals surface area (Å²) in [6, 6.07) is 5.56. The summed E-state index contributed by atoms with van der Waals surface area (Å²) in [5, 5.41) is 3.98. The smallest absolute Gasteiger partial charge is 0.253 e. The van der Waals surface area contributed by atoms with Crippen LogP contribution < -0.4 is 5.32 Å². The van der Waals surface area contributed by atoms with Crippen molar-refractivity contribution >= 4 is 29.1 Å². The lowest BCUT2D eigenvalue weighted by Crippen LogP contribution is -2.55. The summed E-state index contributed by atoms with van der Waals surface area (Å²) >= 11 is 12.3. The number of carbonyl (C=O) groups excluding carboxylic acids is 1. The summed E-state index contributed by atoms with van der Waals surface area (Å²) < 4.78 is 0. The number of amides is 1. The van der Waals surface area contributed by atoms with Gasteiger partial charge in [-0.3, -0.25) is 4.79 Å². The molecule has 0 radical (unpaired) electrons. The van der Waals surface area contributed by atoms with Crippen LogP contribution in [0.4, 0.5) is 0 Å². The van der Waals surface area contributed by atoms with Crippen LogP contribution in [-0.2, 0) is 0 Å². The van der Waals surface area contributed by atoms with E-state index in [4.69, 9.17) is 23.2 Å². The Labute approximate surface area is 159 Å². The molecule has 1 aromatic carbocycles. The summed E-state index contributed by atoms with van der Waals surface area (Å²) in [5.41, 5.74) is 0.438. The fourth-order valence-electron chi connectivity index (χ4n) is 3.82. The Morgan fingerprint density at radius 1 is 1.28 bits per heavy atom. The van der Waals surface area contributed by atoms with Gasteiger partial charge in [-0.25, -0.2) is 0 Å². The molecule has 3 atom stereocenters. The molecular weight excluding hydrogens is 355 g/mol. The monoisotopic (exact) mass is 378 g/mol. The van der Waals surface area contributed by atoms with E-state index in [0.717, 1.165) is 19.4 Å². The van der Waals surface area contributed by atoms with Crippen molar-refractivity contribution in [1.29, 1.82) is 0 Å². The average molecular weight is 379 g/mol. The minimum atomic E-state index is -0.153. The highest BCUT2D eigenvalue weighted by Gasteiger charge is 2.34. The molecule has 0 bridgehead atoms. The minimum absolute atomic E-state index is 0.0500. The van der Waals surface area contributed by atoms with Gasteiger partial charge in [0.15, 0.2) is 0 Å². The fraction of sp³-hybridized carbons (Fsp3) is 0.450. The third-order valence-corrected chi connectivity index (χ3v) is 6.03. The first-order chi connectivity index (χ1) is 12.1. The second kappa shape index (κ2) is 8.39. The molecule has 25 heavy (non-hydrogen) atoms. The number of carbonyl (C=O) groups is 1. The van der Waals surface area contributed by atoms with Gasteiger partial charge in [-0.2, -0.15) is 0 Å². The predicted molar refractivity (Wildman–Crippen MR) is 104 cm³/mol. The van der Waals surface area contributed by atoms with E-state index in [1.807, 2.05) is 0 Å². The van der Waals surface area contributed by atoms with Crippen LogP contribution in [0.2, 0.25) is 10.0 Å². The molecular formula is C20H24Cl2N2O. The van der Waals surface area contributed by atoms with E-state index in [1.54, 1.807) is 18.2 Å². The Balaban J connectivity index is 1.83. The Kier molecular flexibility index (Phi) is 6.21. The first kappa shape index (κ1) is 18.5. The van der Waals surface area contributed by atoms with Crippen LogP contribution in [0.1, 0.15) is 36.0 Å². The van der Waals surface area contributed by atoms with Crippen molar-refractivity contribution in [3.63, 3.8) is 0 Å². The van der Waals surface area contributed by atoms with Gasteiger partial charge >= 0.3 is 0 Å². The zero-order valence-corrected chi connectivity index (χ0v) is 15.9. The molecule has 0 saturated carbocycles. The van der Waals surface area contributed by atoms with Crippen LogP contribution in [0.3, 0.4) is 0 Å². The van der Waals surface area contributed by atoms with Crippen LogP contribution in [0.5, 0.6) is 0 Å². The normalized spacial score (nSPS) is 24.9. The molecule has 0 aromatic heterocycles. The van der Waals surface area contributed by atoms with E-state index in [-0.39, 0.29) is 17.9 Å². The van der Waals surface area contributed by atoms with Crippen molar-refractivity contribution in [2.24, 2.45) is 5.92 Å². The molecule has 3 nitrogen and oxygen atoms in total. The van der Waals surface area contributed by atoms with Gasteiger partial charge in [0.1, 0.15) is 0 Å². The number of allylic oxidation sites excluding steroid dienone is 3. The van der Waals surface area contributed by atoms with E-state index in [1.165, 1.54) is 12.8 Å². The second-order valence-electron chi connectivity index (χ2n) is 6.86. The first-order valence-corrected chi connectivity index (χ1v) is 9.62. The topological polar surface area (TPSA) is 32.3 Å². The molecule has 0 spiro atoms. The van der Waals surface area contributed by atoms with Crippen molar-refractivity contribution in [2.75, 3.05) is 13.6 Å². The maximum Gasteiger partial charge on any atom is 0.253 e. The van der Waals surface area contributed by atoms with E-state index in [9.17, 15) is 4.79 Å². The number of likely N-dealkylation sites (N-methyl/N-ethyl adjacent to an activating group) is 1. The van der Waals surface area contributed by atoms with Gasteiger partial charge in [-0.05, 0) is 45.0 Å². The van der Waals surface area contributed by atoms with Crippen molar-refractivity contribution in [2.45, 2.75) is 37.8 Å². The lowest BCUT2D eigenvalue weighted by atomic mass is 9.83. The number of piperidine rings is 1. The van der Waals surface area contributed by atoms with Crippen molar-refractivity contribution < 1.29 is 4.79 Å². The number of likely N-dealkylation sites (tertiary alicyclic amines) is 1. The van der Waals surface area contributed by atoms with E-state index < -0.39 is 0 Å². The highest BCUT2D eigenvalue weighted by Crippen LogP contribution is 2.29. The second-order valence-corrected chi connectivity index (χ2v) is 7.64. The van der Waals surface area contributed by atoms with Gasteiger partial charge < -0.3 is 10.2 Å². The number of rotatable bonds is 4. The average Bonchev–Trinajstić information content (AvgIpc) is 2.63. The molecule has 1 N–H and O–H groups in total. The molecule has 5 heteroatoms. The van der Waals surface area contributed by atoms with E-state index >= 15 is 0 Å². The summed E-state index contributed by atoms with van der Waals surface area (Å²) in [7, 11) is 2.15. The highest BCUT2D eigenvalue weighted by atomic mass is 35.5. The van der Waals surface area contributed by atoms with Crippen LogP contribution >= 0.6 is 23.2 Å². The van der Waals surface area contributed by atoms with Gasteiger partial charge in [0.2, 0.25) is 0 Å². The Bertz CT molecular complexity index is 686. The van der Waals surface area contributed by atoms with Crippen LogP contribution in [-0.4, -0.2) is 36.5 Å². The molecule has 134 valence electrons. The molecule has 2 unspecified atom stereocenters. The van der Waals surface area contributed by atoms with E-state index in [2.05, 4.69) is 41.6 Å². The number of hydrogen-bond acceptors (Lipinski definition) is 2. The summed E-state index contributed by atoms with van der Waals surface area (Å²) in [5.74, 6) is 0.136. The van der Waals surface area contributed by atoms with Crippen molar-refractivity contribution in [3.05, 3.63) is 58.1 Å². The minimum Gasteiger partial charge on any atom is -0.347 e. The van der Waals surface area contributed by atoms with Gasteiger partial charge in [0.05, 0.1) is 21.7 Å². The van der Waals surface area contributed by atoms with Gasteiger partial charge in [-0.1, -0.05) is 60.0 Å². The van der Waals surface area contributed by atoms with Gasteiger partial charge in [0, 0.05) is 12.0 Å². The maximum absolute atomic E-state index is 12.9. The number of halogens is 2. The molecule has 1 aliphatic heterocycles. The Hall–Kier alpha value is -1.29. The van der Waals surface area contributed by atoms with Crippen LogP contribution in [0.25, 0.3) is 0 Å². The third kappa shape index (κ3) is 4.28. The molecule has 1 fully saturated rings. The predicted octanol–water partition coefficient (Wildman–Crippen LogP) is 4.71. The fourth-order valence-corrected chi connectivity index (χ4v) is 4.20. The number of nitrogens with one attached hydrogen (secondary N) is 1. The molecule has 1 saturated heterocycles. The summed E-state index contributed by atoms with van der Waals surface area (Å²) in [6.07, 6.45) is 13.0. The summed E-state index contributed by atoms with van der Waals surface area (Å²) in [4.78, 5) is 15.3. The molecule has 2 aliphatic rings. The zero-order chi connectivity index (χ0) is 17.8. The SMILES string of the molecule is CN1CCCCC1[C@@H](NC(=O)c1cccc(Cl)c1Cl)C1C=CC=CC1. The van der Waals surface area contributed by atoms with Gasteiger partial charge in [0.25, 0.3) is 5.91 Å². The number of nitrogens with zero attached hydrogens (tertiary/aromatic N) is 1. The number of benzene rings is 1. The highest BCUT2D eigenvalue weighted by molar-refractivity contribution is 6.43. The van der Waals surface area contributed by atoms with Crippen molar-refractivity contribution in [3.8, 4) is 0 Å². The molecule has 1 aromatic rings. The van der Waals surface area contributed by atoms with Gasteiger partial charge in [-0.15, -0.1) is 0 Å². The zero-order valence-electron chi connectivity index (χ0n) is 14.4. The lowest BCUT2D eigenvalue weighted by molar-refractivity contribution is 0.0831.